The summed E-state index contributed by atoms with van der Waals surface area (Å²) in [6, 6.07) is 0. The van der Waals surface area contributed by atoms with Gasteiger partial charge in [0.15, 0.2) is 0 Å². The molecule has 0 radical (unpaired) electrons. The summed E-state index contributed by atoms with van der Waals surface area (Å²) in [6.45, 7) is 7.95. The van der Waals surface area contributed by atoms with Gasteiger partial charge in [-0.2, -0.15) is 0 Å². The van der Waals surface area contributed by atoms with E-state index in [1.807, 2.05) is 13.8 Å². The third-order valence-electron chi connectivity index (χ3n) is 3.97. The molecule has 0 aliphatic rings. The van der Waals surface area contributed by atoms with E-state index >= 15 is 0 Å². The minimum Gasteiger partial charge on any atom is -0.748 e. The van der Waals surface area contributed by atoms with Gasteiger partial charge in [-0.1, -0.05) is 66.2 Å². The van der Waals surface area contributed by atoms with Crippen LogP contribution in [0.4, 0.5) is 0 Å². The third-order valence-corrected chi connectivity index (χ3v) is 5.73. The van der Waals surface area contributed by atoms with Crippen LogP contribution < -0.4 is 0 Å². The average molecular weight is 427 g/mol. The Hall–Kier alpha value is 1.08. The second-order valence-electron chi connectivity index (χ2n) is 6.28. The van der Waals surface area contributed by atoms with Gasteiger partial charge < -0.3 is 9.11 Å². The molecule has 148 valence electrons. The number of rotatable bonds is 12. The first-order valence-electron chi connectivity index (χ1n) is 8.86. The fourth-order valence-electron chi connectivity index (χ4n) is 2.37. The standard InChI is InChI=1S/2C8H18O3S.Ca/c2*1-3-5-6-8(4-2)7-12(9,10)11;/h2*8H,3-7H2,1-2H3,(H,9,10,11);/q;;+2/p-2. The summed E-state index contributed by atoms with van der Waals surface area (Å²) < 4.78 is 62.4. The van der Waals surface area contributed by atoms with E-state index in [4.69, 9.17) is 0 Å². The summed E-state index contributed by atoms with van der Waals surface area (Å²) in [7, 11) is -8.03. The van der Waals surface area contributed by atoms with Crippen molar-refractivity contribution in [1.29, 1.82) is 0 Å². The van der Waals surface area contributed by atoms with Gasteiger partial charge in [-0.15, -0.1) is 0 Å². The van der Waals surface area contributed by atoms with Gasteiger partial charge in [0.25, 0.3) is 0 Å². The van der Waals surface area contributed by atoms with Gasteiger partial charge in [0.1, 0.15) is 0 Å². The molecule has 0 aromatic heterocycles. The maximum atomic E-state index is 10.4. The molecule has 25 heavy (non-hydrogen) atoms. The van der Waals surface area contributed by atoms with Crippen molar-refractivity contribution in [3.8, 4) is 0 Å². The number of unbranched alkanes of at least 4 members (excludes halogenated alkanes) is 2. The van der Waals surface area contributed by atoms with Crippen molar-refractivity contribution >= 4 is 58.0 Å². The largest absolute Gasteiger partial charge is 2.00 e. The molecular formula is C16H34CaO6S2. The molecule has 0 aliphatic heterocycles. The zero-order valence-electron chi connectivity index (χ0n) is 16.2. The maximum absolute atomic E-state index is 10.4. The average Bonchev–Trinajstić information content (AvgIpc) is 2.46. The molecule has 0 rings (SSSR count). The third kappa shape index (κ3) is 25.1. The molecule has 0 heterocycles. The van der Waals surface area contributed by atoms with Crippen LogP contribution in [0.15, 0.2) is 0 Å². The predicted molar refractivity (Wildman–Crippen MR) is 101 cm³/mol. The predicted octanol–water partition coefficient (Wildman–Crippen LogP) is 3.12. The van der Waals surface area contributed by atoms with Crippen LogP contribution in [-0.4, -0.2) is 75.2 Å². The fourth-order valence-corrected chi connectivity index (χ4v) is 4.33. The fraction of sp³-hybridized carbons (Fsp3) is 1.00. The molecule has 2 atom stereocenters. The van der Waals surface area contributed by atoms with Crippen LogP contribution in [0.5, 0.6) is 0 Å². The van der Waals surface area contributed by atoms with E-state index in [1.165, 1.54) is 0 Å². The van der Waals surface area contributed by atoms with Crippen LogP contribution >= 0.6 is 0 Å². The van der Waals surface area contributed by atoms with E-state index in [2.05, 4.69) is 13.8 Å². The van der Waals surface area contributed by atoms with Crippen LogP contribution in [0.25, 0.3) is 0 Å². The monoisotopic (exact) mass is 426 g/mol. The second-order valence-corrected chi connectivity index (χ2v) is 9.18. The number of hydrogen-bond donors (Lipinski definition) is 0. The summed E-state index contributed by atoms with van der Waals surface area (Å²) >= 11 is 0. The zero-order valence-corrected chi connectivity index (χ0v) is 20.0. The summed E-state index contributed by atoms with van der Waals surface area (Å²) in [4.78, 5) is 0. The number of hydrogen-bond acceptors (Lipinski definition) is 6. The van der Waals surface area contributed by atoms with Gasteiger partial charge in [0.05, 0.1) is 20.2 Å². The van der Waals surface area contributed by atoms with E-state index in [9.17, 15) is 25.9 Å². The van der Waals surface area contributed by atoms with E-state index in [0.29, 0.717) is 0 Å². The van der Waals surface area contributed by atoms with Gasteiger partial charge in [-0.3, -0.25) is 0 Å². The smallest absolute Gasteiger partial charge is 0.748 e. The molecule has 0 aliphatic carbocycles. The molecule has 2 unspecified atom stereocenters. The van der Waals surface area contributed by atoms with Crippen molar-refractivity contribution < 1.29 is 25.9 Å². The van der Waals surface area contributed by atoms with E-state index in [1.54, 1.807) is 0 Å². The molecule has 0 aromatic carbocycles. The Morgan fingerprint density at radius 1 is 0.680 bits per heavy atom. The molecule has 9 heteroatoms. The molecule has 0 saturated carbocycles. The van der Waals surface area contributed by atoms with Crippen molar-refractivity contribution in [1.82, 2.24) is 0 Å². The quantitative estimate of drug-likeness (QED) is 0.350. The Balaban J connectivity index is -0.000000372. The van der Waals surface area contributed by atoms with E-state index in [0.717, 1.165) is 51.4 Å². The maximum Gasteiger partial charge on any atom is 2.00 e. The van der Waals surface area contributed by atoms with Crippen molar-refractivity contribution in [2.24, 2.45) is 11.8 Å². The summed E-state index contributed by atoms with van der Waals surface area (Å²) in [5, 5.41) is 0. The van der Waals surface area contributed by atoms with Crippen molar-refractivity contribution in [3.05, 3.63) is 0 Å². The van der Waals surface area contributed by atoms with Crippen LogP contribution in [0.2, 0.25) is 0 Å². The van der Waals surface area contributed by atoms with Gasteiger partial charge >= 0.3 is 37.7 Å². The van der Waals surface area contributed by atoms with Crippen LogP contribution in [0.1, 0.15) is 79.1 Å². The van der Waals surface area contributed by atoms with Crippen molar-refractivity contribution in [2.75, 3.05) is 11.5 Å². The zero-order chi connectivity index (χ0) is 19.2. The van der Waals surface area contributed by atoms with Crippen molar-refractivity contribution in [2.45, 2.75) is 79.1 Å². The molecule has 0 saturated heterocycles. The first-order valence-corrected chi connectivity index (χ1v) is 12.0. The Morgan fingerprint density at radius 2 is 0.960 bits per heavy atom. The minimum atomic E-state index is -4.02. The molecule has 0 N–H and O–H groups in total. The van der Waals surface area contributed by atoms with E-state index in [-0.39, 0.29) is 61.1 Å². The SMILES string of the molecule is CCCCC(CC)CS(=O)(=O)[O-].CCCCC(CC)CS(=O)(=O)[O-].[Ca+2]. The molecule has 0 aromatic rings. The Morgan fingerprint density at radius 3 is 1.12 bits per heavy atom. The van der Waals surface area contributed by atoms with Gasteiger partial charge in [-0.25, -0.2) is 16.8 Å². The first-order chi connectivity index (χ1) is 11.0. The van der Waals surface area contributed by atoms with Gasteiger partial charge in [0.2, 0.25) is 0 Å². The topological polar surface area (TPSA) is 114 Å². The molecule has 0 fully saturated rings. The van der Waals surface area contributed by atoms with Crippen molar-refractivity contribution in [3.63, 3.8) is 0 Å². The normalized spacial score (nSPS) is 14.0. The van der Waals surface area contributed by atoms with Crippen LogP contribution in [-0.2, 0) is 20.2 Å². The summed E-state index contributed by atoms with van der Waals surface area (Å²) in [5.74, 6) is -0.257. The second kappa shape index (κ2) is 17.2. The first kappa shape index (κ1) is 30.8. The Kier molecular flexibility index (Phi) is 21.2. The molecule has 0 spiro atoms. The van der Waals surface area contributed by atoms with Crippen LogP contribution in [0.3, 0.4) is 0 Å². The van der Waals surface area contributed by atoms with E-state index < -0.39 is 20.2 Å². The molecule has 0 bridgehead atoms. The molecular weight excluding hydrogens is 392 g/mol. The summed E-state index contributed by atoms with van der Waals surface area (Å²) in [6.07, 6.45) is 7.39. The van der Waals surface area contributed by atoms with Gasteiger partial charge in [-0.05, 0) is 24.7 Å². The summed E-state index contributed by atoms with van der Waals surface area (Å²) in [5.41, 5.74) is 0. The molecule has 6 nitrogen and oxygen atoms in total. The van der Waals surface area contributed by atoms with Crippen LogP contribution in [0, 0.1) is 11.8 Å². The van der Waals surface area contributed by atoms with Gasteiger partial charge in [0, 0.05) is 11.5 Å². The Bertz CT molecular complexity index is 445. The Labute approximate surface area is 185 Å². The minimum absolute atomic E-state index is 0. The molecule has 0 amide bonds.